The fraction of sp³-hybridized carbons (Fsp3) is 0.333. The summed E-state index contributed by atoms with van der Waals surface area (Å²) in [4.78, 5) is 76.9. The van der Waals surface area contributed by atoms with Crippen molar-refractivity contribution in [1.29, 1.82) is 0 Å². The van der Waals surface area contributed by atoms with Crippen molar-refractivity contribution in [3.63, 3.8) is 0 Å². The van der Waals surface area contributed by atoms with E-state index >= 15 is 0 Å². The van der Waals surface area contributed by atoms with Gasteiger partial charge in [0.25, 0.3) is 0 Å². The van der Waals surface area contributed by atoms with E-state index < -0.39 is 72.6 Å². The number of carboxylic acids is 2. The standard InChI is InChI=1S/C30H36N6O8/c31-20(15-18-16-33-21-9-5-4-8-19(18)21)27(40)36-24(14-17-6-2-1-3-7-17)29(42)34-22(10-12-25(32)37)28(41)35-23(30(43)44)11-13-26(38)39/h1-9,16,20,22-24,33H,10-15,31H2,(H2,32,37)(H,34,42)(H,35,41)(H,36,40)(H,38,39)(H,43,44). The van der Waals surface area contributed by atoms with E-state index in [1.54, 1.807) is 36.5 Å². The molecule has 1 heterocycles. The first kappa shape index (κ1) is 33.3. The Bertz CT molecular complexity index is 1490. The van der Waals surface area contributed by atoms with Gasteiger partial charge in [-0.25, -0.2) is 4.79 Å². The van der Waals surface area contributed by atoms with E-state index in [0.717, 1.165) is 16.5 Å². The minimum absolute atomic E-state index is 0.0265. The SMILES string of the molecule is NC(=O)CCC(NC(=O)C(Cc1ccccc1)NC(=O)C(N)Cc1c[nH]c2ccccc12)C(=O)NC(CCC(=O)O)C(=O)O. The van der Waals surface area contributed by atoms with Crippen molar-refractivity contribution in [2.75, 3.05) is 0 Å². The van der Waals surface area contributed by atoms with Gasteiger partial charge in [0.1, 0.15) is 18.1 Å². The highest BCUT2D eigenvalue weighted by Gasteiger charge is 2.31. The molecule has 4 unspecified atom stereocenters. The largest absolute Gasteiger partial charge is 0.481 e. The van der Waals surface area contributed by atoms with E-state index in [4.69, 9.17) is 16.6 Å². The first-order chi connectivity index (χ1) is 20.9. The third-order valence-corrected chi connectivity index (χ3v) is 6.94. The van der Waals surface area contributed by atoms with E-state index in [1.807, 2.05) is 24.3 Å². The molecule has 10 N–H and O–H groups in total. The Hall–Kier alpha value is -5.24. The quantitative estimate of drug-likeness (QED) is 0.102. The van der Waals surface area contributed by atoms with Crippen LogP contribution in [-0.2, 0) is 41.6 Å². The maximum absolute atomic E-state index is 13.5. The van der Waals surface area contributed by atoms with Gasteiger partial charge in [-0.1, -0.05) is 48.5 Å². The van der Waals surface area contributed by atoms with Crippen LogP contribution in [0.5, 0.6) is 0 Å². The van der Waals surface area contributed by atoms with Gasteiger partial charge in [0.05, 0.1) is 6.04 Å². The van der Waals surface area contributed by atoms with Crippen LogP contribution < -0.4 is 27.4 Å². The molecule has 2 aromatic carbocycles. The van der Waals surface area contributed by atoms with Gasteiger partial charge in [0.2, 0.25) is 23.6 Å². The minimum Gasteiger partial charge on any atom is -0.481 e. The molecular weight excluding hydrogens is 572 g/mol. The molecule has 3 aromatic rings. The molecule has 44 heavy (non-hydrogen) atoms. The number of nitrogens with one attached hydrogen (secondary N) is 4. The molecule has 3 rings (SSSR count). The van der Waals surface area contributed by atoms with Crippen LogP contribution >= 0.6 is 0 Å². The lowest BCUT2D eigenvalue weighted by molar-refractivity contribution is -0.143. The average molecular weight is 609 g/mol. The number of amides is 4. The van der Waals surface area contributed by atoms with Gasteiger partial charge in [-0.3, -0.25) is 24.0 Å². The number of nitrogens with two attached hydrogens (primary N) is 2. The van der Waals surface area contributed by atoms with Crippen LogP contribution in [0.25, 0.3) is 10.9 Å². The van der Waals surface area contributed by atoms with Crippen LogP contribution in [0, 0.1) is 0 Å². The van der Waals surface area contributed by atoms with Crippen LogP contribution in [0.1, 0.15) is 36.8 Å². The highest BCUT2D eigenvalue weighted by molar-refractivity contribution is 5.95. The molecule has 0 saturated carbocycles. The smallest absolute Gasteiger partial charge is 0.326 e. The van der Waals surface area contributed by atoms with Gasteiger partial charge in [-0.05, 0) is 36.5 Å². The summed E-state index contributed by atoms with van der Waals surface area (Å²) >= 11 is 0. The van der Waals surface area contributed by atoms with Crippen molar-refractivity contribution in [2.24, 2.45) is 11.5 Å². The van der Waals surface area contributed by atoms with Crippen LogP contribution in [0.3, 0.4) is 0 Å². The number of hydrogen-bond acceptors (Lipinski definition) is 7. The molecule has 0 aliphatic carbocycles. The predicted octanol–water partition coefficient (Wildman–Crippen LogP) is -0.0503. The Balaban J connectivity index is 1.78. The Morgan fingerprint density at radius 3 is 1.98 bits per heavy atom. The average Bonchev–Trinajstić information content (AvgIpc) is 3.39. The minimum atomic E-state index is -1.56. The molecule has 0 aliphatic heterocycles. The summed E-state index contributed by atoms with van der Waals surface area (Å²) in [6.07, 6.45) is 0.424. The van der Waals surface area contributed by atoms with Gasteiger partial charge in [0.15, 0.2) is 0 Å². The van der Waals surface area contributed by atoms with Crippen molar-refractivity contribution in [2.45, 2.75) is 62.7 Å². The number of carboxylic acid groups (broad SMARTS) is 2. The van der Waals surface area contributed by atoms with E-state index in [0.29, 0.717) is 5.56 Å². The summed E-state index contributed by atoms with van der Waals surface area (Å²) < 4.78 is 0. The van der Waals surface area contributed by atoms with Gasteiger partial charge in [-0.2, -0.15) is 0 Å². The molecule has 4 amide bonds. The molecule has 0 saturated heterocycles. The Morgan fingerprint density at radius 1 is 0.727 bits per heavy atom. The van der Waals surface area contributed by atoms with Gasteiger partial charge >= 0.3 is 11.9 Å². The van der Waals surface area contributed by atoms with Crippen molar-refractivity contribution >= 4 is 46.5 Å². The van der Waals surface area contributed by atoms with Crippen molar-refractivity contribution in [1.82, 2.24) is 20.9 Å². The van der Waals surface area contributed by atoms with E-state index in [1.165, 1.54) is 0 Å². The number of carbonyl (C=O) groups is 6. The highest BCUT2D eigenvalue weighted by atomic mass is 16.4. The summed E-state index contributed by atoms with van der Waals surface area (Å²) in [5.41, 5.74) is 13.9. The van der Waals surface area contributed by atoms with E-state index in [-0.39, 0.29) is 25.7 Å². The van der Waals surface area contributed by atoms with Gasteiger partial charge in [0, 0.05) is 36.4 Å². The second-order valence-electron chi connectivity index (χ2n) is 10.3. The van der Waals surface area contributed by atoms with E-state index in [9.17, 15) is 33.9 Å². The Morgan fingerprint density at radius 2 is 1.32 bits per heavy atom. The molecule has 14 heteroatoms. The molecule has 0 fully saturated rings. The number of aliphatic carboxylic acids is 2. The fourth-order valence-electron chi connectivity index (χ4n) is 4.59. The fourth-order valence-corrected chi connectivity index (χ4v) is 4.59. The first-order valence-corrected chi connectivity index (χ1v) is 13.9. The molecule has 0 radical (unpaired) electrons. The first-order valence-electron chi connectivity index (χ1n) is 13.9. The normalized spacial score (nSPS) is 13.7. The number of aromatic amines is 1. The predicted molar refractivity (Wildman–Crippen MR) is 159 cm³/mol. The number of primary amides is 1. The number of fused-ring (bicyclic) bond motifs is 1. The summed E-state index contributed by atoms with van der Waals surface area (Å²) in [5, 5.41) is 26.6. The number of aromatic nitrogens is 1. The molecule has 0 bridgehead atoms. The van der Waals surface area contributed by atoms with Crippen molar-refractivity contribution in [3.8, 4) is 0 Å². The zero-order valence-corrected chi connectivity index (χ0v) is 23.8. The number of H-pyrrole nitrogens is 1. The molecular formula is C30H36N6O8. The molecule has 1 aromatic heterocycles. The van der Waals surface area contributed by atoms with Gasteiger partial charge in [-0.15, -0.1) is 0 Å². The second-order valence-corrected chi connectivity index (χ2v) is 10.3. The zero-order chi connectivity index (χ0) is 32.2. The molecule has 234 valence electrons. The third kappa shape index (κ3) is 9.94. The topological polar surface area (TPSA) is 247 Å². The molecule has 0 spiro atoms. The van der Waals surface area contributed by atoms with Crippen LogP contribution in [0.4, 0.5) is 0 Å². The summed E-state index contributed by atoms with van der Waals surface area (Å²) in [6.45, 7) is 0. The van der Waals surface area contributed by atoms with Crippen LogP contribution in [0.15, 0.2) is 60.8 Å². The lowest BCUT2D eigenvalue weighted by Gasteiger charge is -2.25. The number of carbonyl (C=O) groups excluding carboxylic acids is 4. The Kier molecular flexibility index (Phi) is 12.0. The summed E-state index contributed by atoms with van der Waals surface area (Å²) in [5.74, 6) is -5.87. The number of hydrogen-bond donors (Lipinski definition) is 8. The second kappa shape index (κ2) is 15.8. The summed E-state index contributed by atoms with van der Waals surface area (Å²) in [6, 6.07) is 11.1. The Labute approximate surface area is 252 Å². The van der Waals surface area contributed by atoms with Crippen LogP contribution in [0.2, 0.25) is 0 Å². The number of para-hydroxylation sites is 1. The maximum atomic E-state index is 13.5. The van der Waals surface area contributed by atoms with Crippen molar-refractivity contribution in [3.05, 3.63) is 71.9 Å². The highest BCUT2D eigenvalue weighted by Crippen LogP contribution is 2.19. The van der Waals surface area contributed by atoms with Gasteiger partial charge < -0.3 is 42.6 Å². The maximum Gasteiger partial charge on any atom is 0.326 e. The van der Waals surface area contributed by atoms with E-state index in [2.05, 4.69) is 20.9 Å². The van der Waals surface area contributed by atoms with Crippen LogP contribution in [-0.4, -0.2) is 74.9 Å². The van der Waals surface area contributed by atoms with Crippen molar-refractivity contribution < 1.29 is 39.0 Å². The zero-order valence-electron chi connectivity index (χ0n) is 23.8. The number of benzene rings is 2. The molecule has 4 atom stereocenters. The number of rotatable bonds is 17. The molecule has 14 nitrogen and oxygen atoms in total. The monoisotopic (exact) mass is 608 g/mol. The lowest BCUT2D eigenvalue weighted by Crippen LogP contribution is -2.58. The molecule has 0 aliphatic rings. The lowest BCUT2D eigenvalue weighted by atomic mass is 10.0. The summed E-state index contributed by atoms with van der Waals surface area (Å²) in [7, 11) is 0. The third-order valence-electron chi connectivity index (χ3n) is 6.94.